The zero-order valence-corrected chi connectivity index (χ0v) is 11.8. The van der Waals surface area contributed by atoms with Crippen molar-refractivity contribution in [3.8, 4) is 0 Å². The summed E-state index contributed by atoms with van der Waals surface area (Å²) in [7, 11) is 1.60. The summed E-state index contributed by atoms with van der Waals surface area (Å²) in [5.74, 6) is -0.129. The first-order valence-corrected chi connectivity index (χ1v) is 6.81. The van der Waals surface area contributed by atoms with E-state index >= 15 is 0 Å². The number of hydrogen-bond donors (Lipinski definition) is 2. The van der Waals surface area contributed by atoms with Crippen molar-refractivity contribution in [2.24, 2.45) is 0 Å². The summed E-state index contributed by atoms with van der Waals surface area (Å²) < 4.78 is 4.99. The van der Waals surface area contributed by atoms with Gasteiger partial charge < -0.3 is 15.2 Å². The maximum absolute atomic E-state index is 11.9. The third kappa shape index (κ3) is 4.36. The minimum absolute atomic E-state index is 0.129. The summed E-state index contributed by atoms with van der Waals surface area (Å²) in [6.07, 6.45) is 0.926. The zero-order valence-electron chi connectivity index (χ0n) is 11.0. The largest absolute Gasteiger partial charge is 0.393 e. The molecule has 1 aromatic heterocycles. The van der Waals surface area contributed by atoms with Crippen LogP contribution in [-0.4, -0.2) is 35.8 Å². The molecule has 0 aromatic carbocycles. The molecule has 1 aromatic rings. The molecule has 6 heteroatoms. The van der Waals surface area contributed by atoms with E-state index in [9.17, 15) is 9.90 Å². The number of carbonyl (C=O) groups is 1. The Hall–Kier alpha value is -0.980. The minimum atomic E-state index is -0.350. The van der Waals surface area contributed by atoms with E-state index in [1.54, 1.807) is 7.11 Å². The normalized spacial score (nSPS) is 12.4. The number of amides is 1. The van der Waals surface area contributed by atoms with Crippen LogP contribution in [0.4, 0.5) is 0 Å². The molecule has 2 N–H and O–H groups in total. The second kappa shape index (κ2) is 7.45. The van der Waals surface area contributed by atoms with Gasteiger partial charge in [0.15, 0.2) is 0 Å². The van der Waals surface area contributed by atoms with Crippen LogP contribution in [0.3, 0.4) is 0 Å². The summed E-state index contributed by atoms with van der Waals surface area (Å²) >= 11 is 1.35. The van der Waals surface area contributed by atoms with Crippen molar-refractivity contribution in [3.05, 3.63) is 15.6 Å². The molecule has 102 valence electrons. The number of thiazole rings is 1. The molecule has 1 atom stereocenters. The third-order valence-corrected chi connectivity index (χ3v) is 3.68. The number of aromatic nitrogens is 1. The van der Waals surface area contributed by atoms with E-state index < -0.39 is 0 Å². The van der Waals surface area contributed by atoms with E-state index in [0.29, 0.717) is 30.9 Å². The Bertz CT molecular complexity index is 393. The first-order chi connectivity index (χ1) is 8.58. The molecule has 0 spiro atoms. The first kappa shape index (κ1) is 15.1. The minimum Gasteiger partial charge on any atom is -0.393 e. The third-order valence-electron chi connectivity index (χ3n) is 2.55. The number of hydrogen-bond acceptors (Lipinski definition) is 5. The predicted octanol–water partition coefficient (Wildman–Crippen LogP) is 1.49. The van der Waals surface area contributed by atoms with Crippen molar-refractivity contribution < 1.29 is 14.6 Å². The van der Waals surface area contributed by atoms with Gasteiger partial charge in [-0.15, -0.1) is 11.3 Å². The van der Waals surface area contributed by atoms with Gasteiger partial charge in [-0.05, 0) is 19.8 Å². The van der Waals surface area contributed by atoms with Gasteiger partial charge in [0.25, 0.3) is 5.91 Å². The molecule has 1 amide bonds. The van der Waals surface area contributed by atoms with Gasteiger partial charge >= 0.3 is 0 Å². The number of methoxy groups -OCH3 is 1. The quantitative estimate of drug-likeness (QED) is 0.789. The zero-order chi connectivity index (χ0) is 13.5. The monoisotopic (exact) mass is 272 g/mol. The molecule has 0 bridgehead atoms. The number of aliphatic hydroxyl groups excluding tert-OH is 1. The molecule has 0 aliphatic heterocycles. The first-order valence-electron chi connectivity index (χ1n) is 6.00. The fourth-order valence-electron chi connectivity index (χ4n) is 1.48. The molecule has 1 heterocycles. The Morgan fingerprint density at radius 1 is 1.61 bits per heavy atom. The van der Waals surface area contributed by atoms with Crippen LogP contribution < -0.4 is 5.32 Å². The molecule has 0 saturated heterocycles. The Kier molecular flexibility index (Phi) is 6.24. The van der Waals surface area contributed by atoms with Gasteiger partial charge in [0, 0.05) is 13.7 Å². The molecule has 0 fully saturated rings. The lowest BCUT2D eigenvalue weighted by atomic mass is 10.2. The lowest BCUT2D eigenvalue weighted by Crippen LogP contribution is -2.26. The van der Waals surface area contributed by atoms with E-state index in [0.717, 1.165) is 10.7 Å². The van der Waals surface area contributed by atoms with Crippen LogP contribution in [-0.2, 0) is 11.3 Å². The van der Waals surface area contributed by atoms with E-state index in [2.05, 4.69) is 10.3 Å². The van der Waals surface area contributed by atoms with Crippen molar-refractivity contribution in [1.29, 1.82) is 0 Å². The van der Waals surface area contributed by atoms with Crippen LogP contribution in [0.25, 0.3) is 0 Å². The summed E-state index contributed by atoms with van der Waals surface area (Å²) in [4.78, 5) is 16.8. The number of aryl methyl sites for hydroxylation is 1. The van der Waals surface area contributed by atoms with Crippen LogP contribution in [0, 0.1) is 6.92 Å². The van der Waals surface area contributed by atoms with Crippen molar-refractivity contribution in [1.82, 2.24) is 10.3 Å². The summed E-state index contributed by atoms with van der Waals surface area (Å²) in [5.41, 5.74) is 0.723. The van der Waals surface area contributed by atoms with Crippen LogP contribution in [0.5, 0.6) is 0 Å². The van der Waals surface area contributed by atoms with Crippen molar-refractivity contribution in [3.63, 3.8) is 0 Å². The highest BCUT2D eigenvalue weighted by Crippen LogP contribution is 2.18. The Labute approximate surface area is 111 Å². The lowest BCUT2D eigenvalue weighted by Gasteiger charge is -2.08. The van der Waals surface area contributed by atoms with Gasteiger partial charge in [0.05, 0.1) is 18.4 Å². The molecule has 1 unspecified atom stereocenters. The predicted molar refractivity (Wildman–Crippen MR) is 70.8 cm³/mol. The van der Waals surface area contributed by atoms with Gasteiger partial charge in [0.1, 0.15) is 9.88 Å². The van der Waals surface area contributed by atoms with Crippen LogP contribution in [0.2, 0.25) is 0 Å². The maximum atomic E-state index is 11.9. The molecular formula is C12H20N2O3S. The molecule has 0 aliphatic carbocycles. The van der Waals surface area contributed by atoms with E-state index in [-0.39, 0.29) is 12.0 Å². The van der Waals surface area contributed by atoms with E-state index in [4.69, 9.17) is 4.74 Å². The average molecular weight is 272 g/mol. The number of ether oxygens (including phenoxy) is 1. The highest BCUT2D eigenvalue weighted by Gasteiger charge is 2.15. The summed E-state index contributed by atoms with van der Waals surface area (Å²) in [6.45, 7) is 4.63. The van der Waals surface area contributed by atoms with Gasteiger partial charge in [0.2, 0.25) is 0 Å². The van der Waals surface area contributed by atoms with Crippen LogP contribution in [0.15, 0.2) is 0 Å². The number of carbonyl (C=O) groups excluding carboxylic acids is 1. The standard InChI is InChI=1S/C12H20N2O3S/c1-4-9(15)5-6-13-12(16)11-8(2)14-10(18-11)7-17-3/h9,15H,4-7H2,1-3H3,(H,13,16). The molecule has 18 heavy (non-hydrogen) atoms. The highest BCUT2D eigenvalue weighted by molar-refractivity contribution is 7.13. The van der Waals surface area contributed by atoms with E-state index in [1.807, 2.05) is 13.8 Å². The van der Waals surface area contributed by atoms with Gasteiger partial charge in [-0.25, -0.2) is 4.98 Å². The Morgan fingerprint density at radius 3 is 2.94 bits per heavy atom. The Morgan fingerprint density at radius 2 is 2.33 bits per heavy atom. The summed E-state index contributed by atoms with van der Waals surface area (Å²) in [6, 6.07) is 0. The second-order valence-corrected chi connectivity index (χ2v) is 5.15. The molecule has 5 nitrogen and oxygen atoms in total. The van der Waals surface area contributed by atoms with Gasteiger partial charge in [-0.2, -0.15) is 0 Å². The van der Waals surface area contributed by atoms with Crippen molar-refractivity contribution in [2.75, 3.05) is 13.7 Å². The molecule has 0 aliphatic rings. The second-order valence-electron chi connectivity index (χ2n) is 4.06. The number of nitrogens with zero attached hydrogens (tertiary/aromatic N) is 1. The van der Waals surface area contributed by atoms with Crippen molar-refractivity contribution in [2.45, 2.75) is 39.4 Å². The van der Waals surface area contributed by atoms with Crippen molar-refractivity contribution >= 4 is 17.2 Å². The van der Waals surface area contributed by atoms with Crippen LogP contribution >= 0.6 is 11.3 Å². The fourth-order valence-corrected chi connectivity index (χ4v) is 2.44. The maximum Gasteiger partial charge on any atom is 0.263 e. The van der Waals surface area contributed by atoms with Gasteiger partial charge in [-0.3, -0.25) is 4.79 Å². The SMILES string of the molecule is CCC(O)CCNC(=O)c1sc(COC)nc1C. The number of rotatable bonds is 7. The topological polar surface area (TPSA) is 71.5 Å². The Balaban J connectivity index is 2.50. The molecular weight excluding hydrogens is 252 g/mol. The molecule has 0 saturated carbocycles. The summed E-state index contributed by atoms with van der Waals surface area (Å²) in [5, 5.41) is 13.0. The number of nitrogens with one attached hydrogen (secondary N) is 1. The lowest BCUT2D eigenvalue weighted by molar-refractivity contribution is 0.0945. The smallest absolute Gasteiger partial charge is 0.263 e. The number of aliphatic hydroxyl groups is 1. The van der Waals surface area contributed by atoms with Crippen LogP contribution in [0.1, 0.15) is 40.1 Å². The van der Waals surface area contributed by atoms with Gasteiger partial charge in [-0.1, -0.05) is 6.92 Å². The van der Waals surface area contributed by atoms with E-state index in [1.165, 1.54) is 11.3 Å². The molecule has 1 rings (SSSR count). The fraction of sp³-hybridized carbons (Fsp3) is 0.667. The average Bonchev–Trinajstić information content (AvgIpc) is 2.70. The highest BCUT2D eigenvalue weighted by atomic mass is 32.1. The molecule has 0 radical (unpaired) electrons.